The minimum Gasteiger partial charge on any atom is -0.362 e. The molecule has 1 aromatic carbocycles. The number of hydrogen-bond acceptors (Lipinski definition) is 6. The van der Waals surface area contributed by atoms with E-state index in [1.54, 1.807) is 0 Å². The van der Waals surface area contributed by atoms with Gasteiger partial charge in [0.25, 0.3) is 17.3 Å². The molecule has 11 heteroatoms. The lowest BCUT2D eigenvalue weighted by molar-refractivity contribution is -0.384. The largest absolute Gasteiger partial charge is 0.438 e. The molecule has 0 fully saturated rings. The van der Waals surface area contributed by atoms with Gasteiger partial charge in [-0.05, 0) is 29.8 Å². The number of hydrogen-bond donors (Lipinski definition) is 1. The number of halogens is 3. The number of nitro groups is 1. The van der Waals surface area contributed by atoms with Crippen LogP contribution in [-0.4, -0.2) is 43.5 Å². The molecule has 27 heavy (non-hydrogen) atoms. The standard InChI is InChI=1S/C16H11F3N4O4/c17-16(18,19)15(25)9-13(10-1-3-12(4-2-10)23(26)27)21-22(15)14(24)11-5-7-20-8-6-11/h1-8,25H,9H2. The quantitative estimate of drug-likeness (QED) is 0.650. The molecule has 1 aliphatic rings. The lowest BCUT2D eigenvalue weighted by atomic mass is 10.0. The number of aliphatic hydroxyl groups is 1. The Balaban J connectivity index is 2.02. The Labute approximate surface area is 149 Å². The Morgan fingerprint density at radius 1 is 1.19 bits per heavy atom. The number of benzene rings is 1. The van der Waals surface area contributed by atoms with E-state index in [9.17, 15) is 33.2 Å². The molecular weight excluding hydrogens is 369 g/mol. The number of alkyl halides is 3. The number of carbonyl (C=O) groups excluding carboxylic acids is 1. The predicted octanol–water partition coefficient (Wildman–Crippen LogP) is 2.49. The normalized spacial score (nSPS) is 19.7. The van der Waals surface area contributed by atoms with Gasteiger partial charge in [0.1, 0.15) is 0 Å². The van der Waals surface area contributed by atoms with Gasteiger partial charge in [-0.2, -0.15) is 23.3 Å². The van der Waals surface area contributed by atoms with Crippen molar-refractivity contribution in [1.29, 1.82) is 0 Å². The molecule has 0 radical (unpaired) electrons. The van der Waals surface area contributed by atoms with Crippen LogP contribution in [0.15, 0.2) is 53.9 Å². The first kappa shape index (κ1) is 18.5. The zero-order chi connectivity index (χ0) is 19.8. The van der Waals surface area contributed by atoms with E-state index in [-0.39, 0.29) is 27.5 Å². The Morgan fingerprint density at radius 2 is 1.78 bits per heavy atom. The summed E-state index contributed by atoms with van der Waals surface area (Å²) in [5, 5.41) is 24.6. The van der Waals surface area contributed by atoms with Crippen molar-refractivity contribution in [3.63, 3.8) is 0 Å². The van der Waals surface area contributed by atoms with Gasteiger partial charge in [-0.3, -0.25) is 19.9 Å². The van der Waals surface area contributed by atoms with Crippen molar-refractivity contribution in [3.8, 4) is 0 Å². The van der Waals surface area contributed by atoms with Gasteiger partial charge in [-0.1, -0.05) is 0 Å². The molecule has 3 rings (SSSR count). The van der Waals surface area contributed by atoms with Crippen molar-refractivity contribution >= 4 is 17.3 Å². The van der Waals surface area contributed by atoms with Crippen molar-refractivity contribution in [2.45, 2.75) is 18.3 Å². The second-order valence-corrected chi connectivity index (χ2v) is 5.69. The zero-order valence-electron chi connectivity index (χ0n) is 13.4. The van der Waals surface area contributed by atoms with Crippen LogP contribution in [0, 0.1) is 10.1 Å². The molecule has 2 aromatic rings. The lowest BCUT2D eigenvalue weighted by Gasteiger charge is -2.32. The first-order chi connectivity index (χ1) is 12.6. The molecule has 0 aliphatic carbocycles. The third kappa shape index (κ3) is 3.24. The molecule has 8 nitrogen and oxygen atoms in total. The predicted molar refractivity (Wildman–Crippen MR) is 85.7 cm³/mol. The molecular formula is C16H11F3N4O4. The molecule has 140 valence electrons. The van der Waals surface area contributed by atoms with Crippen molar-refractivity contribution in [2.75, 3.05) is 0 Å². The summed E-state index contributed by atoms with van der Waals surface area (Å²) in [6.45, 7) is 0. The number of carbonyl (C=O) groups is 1. The van der Waals surface area contributed by atoms with Gasteiger partial charge in [-0.15, -0.1) is 0 Å². The minimum atomic E-state index is -5.18. The van der Waals surface area contributed by atoms with E-state index in [1.165, 1.54) is 36.7 Å². The Morgan fingerprint density at radius 3 is 2.30 bits per heavy atom. The van der Waals surface area contributed by atoms with Gasteiger partial charge in [0.2, 0.25) is 0 Å². The van der Waals surface area contributed by atoms with Crippen molar-refractivity contribution < 1.29 is 28.0 Å². The van der Waals surface area contributed by atoms with Gasteiger partial charge in [0.05, 0.1) is 17.1 Å². The summed E-state index contributed by atoms with van der Waals surface area (Å²) in [4.78, 5) is 26.2. The summed E-state index contributed by atoms with van der Waals surface area (Å²) >= 11 is 0. The van der Waals surface area contributed by atoms with E-state index in [2.05, 4.69) is 10.1 Å². The van der Waals surface area contributed by atoms with Crippen LogP contribution in [0.2, 0.25) is 0 Å². The highest BCUT2D eigenvalue weighted by Gasteiger charge is 2.63. The van der Waals surface area contributed by atoms with E-state index in [1.807, 2.05) is 0 Å². The average molecular weight is 380 g/mol. The highest BCUT2D eigenvalue weighted by Crippen LogP contribution is 2.42. The van der Waals surface area contributed by atoms with E-state index >= 15 is 0 Å². The number of aromatic nitrogens is 1. The number of nitrogens with zero attached hydrogens (tertiary/aromatic N) is 4. The van der Waals surface area contributed by atoms with Crippen LogP contribution in [0.3, 0.4) is 0 Å². The third-order valence-electron chi connectivity index (χ3n) is 3.97. The van der Waals surface area contributed by atoms with Gasteiger partial charge < -0.3 is 5.11 Å². The number of nitro benzene ring substituents is 1. The first-order valence-corrected chi connectivity index (χ1v) is 7.49. The SMILES string of the molecule is O=C(c1ccncc1)N1N=C(c2ccc([N+](=O)[O-])cc2)CC1(O)C(F)(F)F. The van der Waals surface area contributed by atoms with Gasteiger partial charge >= 0.3 is 6.18 Å². The summed E-state index contributed by atoms with van der Waals surface area (Å²) in [6.07, 6.45) is -3.75. The van der Waals surface area contributed by atoms with Crippen LogP contribution < -0.4 is 0 Å². The number of non-ortho nitro benzene ring substituents is 1. The van der Waals surface area contributed by atoms with Crippen molar-refractivity contribution in [2.24, 2.45) is 5.10 Å². The molecule has 2 heterocycles. The summed E-state index contributed by atoms with van der Waals surface area (Å²) < 4.78 is 40.5. The maximum absolute atomic E-state index is 13.5. The Bertz CT molecular complexity index is 916. The third-order valence-corrected chi connectivity index (χ3v) is 3.97. The second-order valence-electron chi connectivity index (χ2n) is 5.69. The molecule has 0 bridgehead atoms. The van der Waals surface area contributed by atoms with Crippen LogP contribution in [0.4, 0.5) is 18.9 Å². The van der Waals surface area contributed by atoms with Crippen LogP contribution in [0.5, 0.6) is 0 Å². The van der Waals surface area contributed by atoms with Gasteiger partial charge in [0, 0.05) is 30.1 Å². The Hall–Kier alpha value is -3.34. The summed E-state index contributed by atoms with van der Waals surface area (Å²) in [5.74, 6) is -1.16. The van der Waals surface area contributed by atoms with Crippen LogP contribution in [-0.2, 0) is 0 Å². The number of pyridine rings is 1. The first-order valence-electron chi connectivity index (χ1n) is 7.49. The molecule has 1 aromatic heterocycles. The number of rotatable bonds is 3. The molecule has 0 saturated heterocycles. The highest BCUT2D eigenvalue weighted by molar-refractivity contribution is 6.05. The lowest BCUT2D eigenvalue weighted by Crippen LogP contribution is -2.56. The van der Waals surface area contributed by atoms with Gasteiger partial charge in [-0.25, -0.2) is 0 Å². The fourth-order valence-electron chi connectivity index (χ4n) is 2.53. The summed E-state index contributed by atoms with van der Waals surface area (Å²) in [6, 6.07) is 6.98. The topological polar surface area (TPSA) is 109 Å². The van der Waals surface area contributed by atoms with Crippen LogP contribution >= 0.6 is 0 Å². The zero-order valence-corrected chi connectivity index (χ0v) is 13.4. The maximum atomic E-state index is 13.5. The smallest absolute Gasteiger partial charge is 0.362 e. The highest BCUT2D eigenvalue weighted by atomic mass is 19.4. The number of hydrazone groups is 1. The van der Waals surface area contributed by atoms with E-state index < -0.39 is 29.2 Å². The maximum Gasteiger partial charge on any atom is 0.438 e. The second kappa shape index (κ2) is 6.43. The number of amides is 1. The monoisotopic (exact) mass is 380 g/mol. The molecule has 1 amide bonds. The molecule has 0 spiro atoms. The van der Waals surface area contributed by atoms with Crippen molar-refractivity contribution in [1.82, 2.24) is 9.99 Å². The fraction of sp³-hybridized carbons (Fsp3) is 0.188. The van der Waals surface area contributed by atoms with Crippen LogP contribution in [0.25, 0.3) is 0 Å². The van der Waals surface area contributed by atoms with E-state index in [0.717, 1.165) is 12.1 Å². The summed E-state index contributed by atoms with van der Waals surface area (Å²) in [5.41, 5.74) is -4.04. The van der Waals surface area contributed by atoms with Crippen LogP contribution in [0.1, 0.15) is 22.3 Å². The molecule has 1 unspecified atom stereocenters. The van der Waals surface area contributed by atoms with Gasteiger partial charge in [0.15, 0.2) is 0 Å². The average Bonchev–Trinajstić information content (AvgIpc) is 3.01. The fourth-order valence-corrected chi connectivity index (χ4v) is 2.53. The summed E-state index contributed by atoms with van der Waals surface area (Å²) in [7, 11) is 0. The molecule has 0 saturated carbocycles. The Kier molecular flexibility index (Phi) is 4.39. The van der Waals surface area contributed by atoms with E-state index in [0.29, 0.717) is 0 Å². The minimum absolute atomic E-state index is 0.0148. The molecule has 1 aliphatic heterocycles. The molecule has 1 atom stereocenters. The van der Waals surface area contributed by atoms with Crippen molar-refractivity contribution in [3.05, 3.63) is 70.0 Å². The molecule has 1 N–H and O–H groups in total. The van der Waals surface area contributed by atoms with E-state index in [4.69, 9.17) is 0 Å².